The lowest BCUT2D eigenvalue weighted by Gasteiger charge is -2.07. The standard InChI is InChI=1S/C14H9BrF2N2OS/c1-20-13-3-2-7(4-10(13)17)19-12-5-8(15)9(16)6-11(12)18-14(19)21/h2-6H,1H3,(H,18,21). The number of rotatable bonds is 2. The predicted molar refractivity (Wildman–Crippen MR) is 82.6 cm³/mol. The lowest BCUT2D eigenvalue weighted by molar-refractivity contribution is 0.386. The van der Waals surface area contributed by atoms with Gasteiger partial charge in [0.05, 0.1) is 28.3 Å². The first-order valence-corrected chi connectivity index (χ1v) is 7.15. The van der Waals surface area contributed by atoms with Crippen LogP contribution in [0.1, 0.15) is 0 Å². The lowest BCUT2D eigenvalue weighted by atomic mass is 10.2. The van der Waals surface area contributed by atoms with E-state index in [-0.39, 0.29) is 5.75 Å². The van der Waals surface area contributed by atoms with Crippen molar-refractivity contribution in [3.63, 3.8) is 0 Å². The zero-order valence-corrected chi connectivity index (χ0v) is 13.2. The minimum absolute atomic E-state index is 0.150. The molecule has 1 heterocycles. The molecule has 3 aromatic rings. The second-order valence-corrected chi connectivity index (χ2v) is 5.61. The van der Waals surface area contributed by atoms with Crippen LogP contribution in [0.5, 0.6) is 5.75 Å². The minimum Gasteiger partial charge on any atom is -0.494 e. The first-order chi connectivity index (χ1) is 10.0. The molecule has 3 nitrogen and oxygen atoms in total. The Kier molecular flexibility index (Phi) is 3.54. The number of hydrogen-bond donors (Lipinski definition) is 1. The van der Waals surface area contributed by atoms with Gasteiger partial charge in [0.15, 0.2) is 16.3 Å². The van der Waals surface area contributed by atoms with Crippen LogP contribution in [-0.4, -0.2) is 16.7 Å². The molecule has 0 unspecified atom stereocenters. The van der Waals surface area contributed by atoms with Crippen LogP contribution >= 0.6 is 28.1 Å². The number of nitrogens with one attached hydrogen (secondary N) is 1. The number of imidazole rings is 1. The highest BCUT2D eigenvalue weighted by atomic mass is 79.9. The van der Waals surface area contributed by atoms with Crippen molar-refractivity contribution in [3.05, 3.63) is 51.2 Å². The molecule has 0 spiro atoms. The summed E-state index contributed by atoms with van der Waals surface area (Å²) in [5.41, 5.74) is 1.72. The molecule has 1 N–H and O–H groups in total. The van der Waals surface area contributed by atoms with Crippen molar-refractivity contribution in [2.45, 2.75) is 0 Å². The number of methoxy groups -OCH3 is 1. The fraction of sp³-hybridized carbons (Fsp3) is 0.0714. The smallest absolute Gasteiger partial charge is 0.182 e. The van der Waals surface area contributed by atoms with Gasteiger partial charge in [-0.1, -0.05) is 0 Å². The summed E-state index contributed by atoms with van der Waals surface area (Å²) < 4.78 is 34.6. The Morgan fingerprint density at radius 1 is 1.19 bits per heavy atom. The van der Waals surface area contributed by atoms with Gasteiger partial charge < -0.3 is 9.72 Å². The molecule has 2 aromatic carbocycles. The Bertz CT molecular complexity index is 904. The van der Waals surface area contributed by atoms with Crippen LogP contribution in [0.2, 0.25) is 0 Å². The quantitative estimate of drug-likeness (QED) is 0.660. The zero-order chi connectivity index (χ0) is 15.1. The van der Waals surface area contributed by atoms with E-state index in [1.165, 1.54) is 25.3 Å². The maximum absolute atomic E-state index is 13.9. The third kappa shape index (κ3) is 2.36. The normalized spacial score (nSPS) is 11.0. The molecule has 0 saturated carbocycles. The third-order valence-corrected chi connectivity index (χ3v) is 4.01. The second-order valence-electron chi connectivity index (χ2n) is 4.37. The fourth-order valence-electron chi connectivity index (χ4n) is 2.15. The maximum atomic E-state index is 13.9. The van der Waals surface area contributed by atoms with Gasteiger partial charge in [0.25, 0.3) is 0 Å². The van der Waals surface area contributed by atoms with Crippen LogP contribution < -0.4 is 4.74 Å². The molecule has 0 aliphatic heterocycles. The van der Waals surface area contributed by atoms with Gasteiger partial charge in [0, 0.05) is 12.1 Å². The topological polar surface area (TPSA) is 29.9 Å². The van der Waals surface area contributed by atoms with E-state index in [9.17, 15) is 8.78 Å². The number of benzene rings is 2. The van der Waals surface area contributed by atoms with Gasteiger partial charge in [-0.15, -0.1) is 0 Å². The van der Waals surface area contributed by atoms with Crippen molar-refractivity contribution in [2.75, 3.05) is 7.11 Å². The summed E-state index contributed by atoms with van der Waals surface area (Å²) in [6.45, 7) is 0. The number of fused-ring (bicyclic) bond motifs is 1. The molecule has 0 atom stereocenters. The van der Waals surface area contributed by atoms with Crippen LogP contribution in [0, 0.1) is 16.4 Å². The van der Waals surface area contributed by atoms with E-state index in [1.807, 2.05) is 0 Å². The van der Waals surface area contributed by atoms with Gasteiger partial charge in [-0.2, -0.15) is 0 Å². The highest BCUT2D eigenvalue weighted by Crippen LogP contribution is 2.27. The first-order valence-electron chi connectivity index (χ1n) is 5.95. The van der Waals surface area contributed by atoms with Gasteiger partial charge in [-0.05, 0) is 46.3 Å². The number of ether oxygens (including phenoxy) is 1. The minimum atomic E-state index is -0.493. The summed E-state index contributed by atoms with van der Waals surface area (Å²) in [5.74, 6) is -0.739. The summed E-state index contributed by atoms with van der Waals surface area (Å²) in [6, 6.07) is 7.45. The van der Waals surface area contributed by atoms with Gasteiger partial charge in [0.2, 0.25) is 0 Å². The Labute approximate surface area is 132 Å². The van der Waals surface area contributed by atoms with Crippen LogP contribution in [0.3, 0.4) is 0 Å². The van der Waals surface area contributed by atoms with Gasteiger partial charge in [0.1, 0.15) is 5.82 Å². The van der Waals surface area contributed by atoms with Crippen molar-refractivity contribution >= 4 is 39.2 Å². The summed E-state index contributed by atoms with van der Waals surface area (Å²) in [7, 11) is 1.40. The van der Waals surface area contributed by atoms with Gasteiger partial charge in [-0.25, -0.2) is 8.78 Å². The van der Waals surface area contributed by atoms with Crippen LogP contribution in [-0.2, 0) is 0 Å². The first kappa shape index (κ1) is 14.2. The number of aromatic amines is 1. The largest absolute Gasteiger partial charge is 0.494 e. The highest BCUT2D eigenvalue weighted by Gasteiger charge is 2.12. The summed E-state index contributed by atoms with van der Waals surface area (Å²) in [6.07, 6.45) is 0. The molecule has 0 amide bonds. The Hall–Kier alpha value is -1.73. The molecule has 7 heteroatoms. The van der Waals surface area contributed by atoms with E-state index in [0.717, 1.165) is 0 Å². The molecular formula is C14H9BrF2N2OS. The molecule has 0 radical (unpaired) electrons. The predicted octanol–water partition coefficient (Wildman–Crippen LogP) is 4.74. The zero-order valence-electron chi connectivity index (χ0n) is 10.8. The van der Waals surface area contributed by atoms with Gasteiger partial charge in [-0.3, -0.25) is 4.57 Å². The Morgan fingerprint density at radius 3 is 2.62 bits per heavy atom. The molecule has 3 rings (SSSR count). The van der Waals surface area contributed by atoms with Crippen molar-refractivity contribution < 1.29 is 13.5 Å². The van der Waals surface area contributed by atoms with Crippen LogP contribution in [0.4, 0.5) is 8.78 Å². The fourth-order valence-corrected chi connectivity index (χ4v) is 2.80. The molecule has 0 bridgehead atoms. The molecule has 21 heavy (non-hydrogen) atoms. The summed E-state index contributed by atoms with van der Waals surface area (Å²) >= 11 is 8.38. The number of aromatic nitrogens is 2. The molecule has 1 aromatic heterocycles. The summed E-state index contributed by atoms with van der Waals surface area (Å²) in [5, 5.41) is 0. The molecule has 0 fully saturated rings. The highest BCUT2D eigenvalue weighted by molar-refractivity contribution is 9.10. The molecule has 108 valence electrons. The number of H-pyrrole nitrogens is 1. The molecular weight excluding hydrogens is 362 g/mol. The van der Waals surface area contributed by atoms with Crippen molar-refractivity contribution in [2.24, 2.45) is 0 Å². The number of halogens is 3. The second kappa shape index (κ2) is 5.23. The molecule has 0 saturated heterocycles. The van der Waals surface area contributed by atoms with E-state index < -0.39 is 11.6 Å². The average molecular weight is 371 g/mol. The number of hydrogen-bond acceptors (Lipinski definition) is 2. The van der Waals surface area contributed by atoms with Crippen LogP contribution in [0.15, 0.2) is 34.8 Å². The average Bonchev–Trinajstić information content (AvgIpc) is 2.74. The third-order valence-electron chi connectivity index (χ3n) is 3.12. The van der Waals surface area contributed by atoms with E-state index in [4.69, 9.17) is 17.0 Å². The number of nitrogens with zero attached hydrogens (tertiary/aromatic N) is 1. The molecule has 0 aliphatic rings. The SMILES string of the molecule is COc1ccc(-n2c(=S)[nH]c3cc(F)c(Br)cc32)cc1F. The van der Waals surface area contributed by atoms with E-state index in [1.54, 1.807) is 16.7 Å². The van der Waals surface area contributed by atoms with E-state index >= 15 is 0 Å². The van der Waals surface area contributed by atoms with E-state index in [0.29, 0.717) is 26.0 Å². The van der Waals surface area contributed by atoms with Crippen molar-refractivity contribution in [1.29, 1.82) is 0 Å². The summed E-state index contributed by atoms with van der Waals surface area (Å²) in [4.78, 5) is 2.90. The maximum Gasteiger partial charge on any atom is 0.182 e. The van der Waals surface area contributed by atoms with Gasteiger partial charge >= 0.3 is 0 Å². The Morgan fingerprint density at radius 2 is 1.95 bits per heavy atom. The van der Waals surface area contributed by atoms with Crippen molar-refractivity contribution in [3.8, 4) is 11.4 Å². The lowest BCUT2D eigenvalue weighted by Crippen LogP contribution is -1.96. The monoisotopic (exact) mass is 370 g/mol. The molecule has 0 aliphatic carbocycles. The van der Waals surface area contributed by atoms with Crippen LogP contribution in [0.25, 0.3) is 16.7 Å². The van der Waals surface area contributed by atoms with E-state index in [2.05, 4.69) is 20.9 Å². The Balaban J connectivity index is 2.29. The van der Waals surface area contributed by atoms with Crippen molar-refractivity contribution in [1.82, 2.24) is 9.55 Å².